The summed E-state index contributed by atoms with van der Waals surface area (Å²) in [5.41, 5.74) is 0. The maximum absolute atomic E-state index is 5.12. The van der Waals surface area contributed by atoms with E-state index in [9.17, 15) is 0 Å². The van der Waals surface area contributed by atoms with Gasteiger partial charge in [-0.05, 0) is 25.8 Å². The summed E-state index contributed by atoms with van der Waals surface area (Å²) in [7, 11) is 3.53. The first-order valence-corrected chi connectivity index (χ1v) is 6.81. The van der Waals surface area contributed by atoms with Crippen LogP contribution in [0.4, 0.5) is 0 Å². The van der Waals surface area contributed by atoms with Crippen molar-refractivity contribution in [3.63, 3.8) is 0 Å². The van der Waals surface area contributed by atoms with E-state index in [1.54, 1.807) is 14.2 Å². The fraction of sp³-hybridized carbons (Fsp3) is 1.00. The highest BCUT2D eigenvalue weighted by Crippen LogP contribution is 2.16. The summed E-state index contributed by atoms with van der Waals surface area (Å²) >= 11 is 0. The molecule has 1 rings (SSSR count). The monoisotopic (exact) mass is 244 g/mol. The maximum Gasteiger partial charge on any atom is 0.0587 e. The van der Waals surface area contributed by atoms with Crippen molar-refractivity contribution in [1.29, 1.82) is 0 Å². The zero-order valence-corrected chi connectivity index (χ0v) is 11.4. The summed E-state index contributed by atoms with van der Waals surface area (Å²) in [5.74, 6) is 0. The van der Waals surface area contributed by atoms with E-state index in [1.807, 2.05) is 0 Å². The van der Waals surface area contributed by atoms with Crippen molar-refractivity contribution in [2.75, 3.05) is 53.6 Å². The highest BCUT2D eigenvalue weighted by molar-refractivity contribution is 4.78. The van der Waals surface area contributed by atoms with Crippen LogP contribution >= 0.6 is 0 Å². The quantitative estimate of drug-likeness (QED) is 0.616. The fourth-order valence-electron chi connectivity index (χ4n) is 2.44. The number of hydrogen-bond acceptors (Lipinski definition) is 4. The normalized spacial score (nSPS) is 21.9. The van der Waals surface area contributed by atoms with Crippen molar-refractivity contribution in [1.82, 2.24) is 10.2 Å². The first-order chi connectivity index (χ1) is 8.38. The molecule has 0 bridgehead atoms. The molecule has 1 atom stereocenters. The summed E-state index contributed by atoms with van der Waals surface area (Å²) in [6, 6.07) is 0.706. The molecule has 1 aliphatic rings. The van der Waals surface area contributed by atoms with Crippen LogP contribution in [0.25, 0.3) is 0 Å². The van der Waals surface area contributed by atoms with Gasteiger partial charge in [0.25, 0.3) is 0 Å². The standard InChI is InChI=1S/C13H28N2O2/c1-16-10-5-9-15-8-4-3-6-13(15)12-14-7-11-17-2/h13-14H,3-12H2,1-2H3. The molecule has 0 aromatic carbocycles. The second-order valence-corrected chi connectivity index (χ2v) is 4.73. The first kappa shape index (κ1) is 14.9. The molecular weight excluding hydrogens is 216 g/mol. The van der Waals surface area contributed by atoms with E-state index in [1.165, 1.54) is 32.4 Å². The Morgan fingerprint density at radius 3 is 2.76 bits per heavy atom. The summed E-state index contributed by atoms with van der Waals surface area (Å²) in [5, 5.41) is 3.48. The van der Waals surface area contributed by atoms with Gasteiger partial charge in [0.2, 0.25) is 0 Å². The largest absolute Gasteiger partial charge is 0.385 e. The van der Waals surface area contributed by atoms with Gasteiger partial charge in [-0.15, -0.1) is 0 Å². The zero-order valence-electron chi connectivity index (χ0n) is 11.4. The lowest BCUT2D eigenvalue weighted by Crippen LogP contribution is -2.46. The van der Waals surface area contributed by atoms with E-state index in [0.717, 1.165) is 32.7 Å². The van der Waals surface area contributed by atoms with Crippen molar-refractivity contribution in [3.8, 4) is 0 Å². The van der Waals surface area contributed by atoms with Crippen LogP contribution in [0.1, 0.15) is 25.7 Å². The number of ether oxygens (including phenoxy) is 2. The number of methoxy groups -OCH3 is 2. The minimum absolute atomic E-state index is 0.706. The number of nitrogens with zero attached hydrogens (tertiary/aromatic N) is 1. The van der Waals surface area contributed by atoms with Gasteiger partial charge in [-0.1, -0.05) is 6.42 Å². The SMILES string of the molecule is COCCCN1CCCCC1CNCCOC. The summed E-state index contributed by atoms with van der Waals surface area (Å²) in [6.07, 6.45) is 5.19. The van der Waals surface area contributed by atoms with Crippen LogP contribution in [0, 0.1) is 0 Å². The average molecular weight is 244 g/mol. The number of rotatable bonds is 9. The van der Waals surface area contributed by atoms with Gasteiger partial charge < -0.3 is 14.8 Å². The molecule has 102 valence electrons. The number of piperidine rings is 1. The van der Waals surface area contributed by atoms with Gasteiger partial charge in [0.15, 0.2) is 0 Å². The fourth-order valence-corrected chi connectivity index (χ4v) is 2.44. The molecule has 0 radical (unpaired) electrons. The topological polar surface area (TPSA) is 33.7 Å². The Balaban J connectivity index is 2.17. The highest BCUT2D eigenvalue weighted by Gasteiger charge is 2.21. The lowest BCUT2D eigenvalue weighted by Gasteiger charge is -2.36. The number of nitrogens with one attached hydrogen (secondary N) is 1. The van der Waals surface area contributed by atoms with E-state index in [4.69, 9.17) is 9.47 Å². The van der Waals surface area contributed by atoms with Gasteiger partial charge in [-0.25, -0.2) is 0 Å². The molecule has 0 aromatic heterocycles. The molecule has 1 aliphatic heterocycles. The Morgan fingerprint density at radius 1 is 1.18 bits per heavy atom. The van der Waals surface area contributed by atoms with Gasteiger partial charge >= 0.3 is 0 Å². The van der Waals surface area contributed by atoms with Crippen LogP contribution in [0.3, 0.4) is 0 Å². The smallest absolute Gasteiger partial charge is 0.0587 e. The minimum Gasteiger partial charge on any atom is -0.385 e. The molecule has 1 fully saturated rings. The van der Waals surface area contributed by atoms with Crippen LogP contribution in [-0.4, -0.2) is 64.6 Å². The van der Waals surface area contributed by atoms with Gasteiger partial charge in [0.05, 0.1) is 6.61 Å². The van der Waals surface area contributed by atoms with Crippen molar-refractivity contribution >= 4 is 0 Å². The van der Waals surface area contributed by atoms with Crippen LogP contribution in [0.15, 0.2) is 0 Å². The van der Waals surface area contributed by atoms with E-state index < -0.39 is 0 Å². The molecule has 4 nitrogen and oxygen atoms in total. The van der Waals surface area contributed by atoms with Crippen molar-refractivity contribution in [3.05, 3.63) is 0 Å². The third-order valence-corrected chi connectivity index (χ3v) is 3.41. The maximum atomic E-state index is 5.12. The molecule has 17 heavy (non-hydrogen) atoms. The van der Waals surface area contributed by atoms with Crippen molar-refractivity contribution < 1.29 is 9.47 Å². The molecule has 1 saturated heterocycles. The molecule has 1 unspecified atom stereocenters. The molecule has 0 aliphatic carbocycles. The Bertz CT molecular complexity index is 179. The van der Waals surface area contributed by atoms with Crippen LogP contribution in [0.5, 0.6) is 0 Å². The van der Waals surface area contributed by atoms with Crippen LogP contribution in [0.2, 0.25) is 0 Å². The van der Waals surface area contributed by atoms with E-state index >= 15 is 0 Å². The van der Waals surface area contributed by atoms with Gasteiger partial charge in [0, 0.05) is 46.5 Å². The Morgan fingerprint density at radius 2 is 2.00 bits per heavy atom. The van der Waals surface area contributed by atoms with Gasteiger partial charge in [-0.2, -0.15) is 0 Å². The lowest BCUT2D eigenvalue weighted by atomic mass is 10.0. The van der Waals surface area contributed by atoms with Gasteiger partial charge in [-0.3, -0.25) is 4.90 Å². The second-order valence-electron chi connectivity index (χ2n) is 4.73. The van der Waals surface area contributed by atoms with E-state index in [2.05, 4.69) is 10.2 Å². The molecule has 0 amide bonds. The summed E-state index contributed by atoms with van der Waals surface area (Å²) in [6.45, 7) is 6.15. The van der Waals surface area contributed by atoms with E-state index in [0.29, 0.717) is 6.04 Å². The second kappa shape index (κ2) is 9.83. The van der Waals surface area contributed by atoms with Crippen LogP contribution < -0.4 is 5.32 Å². The molecular formula is C13H28N2O2. The average Bonchev–Trinajstić information content (AvgIpc) is 2.36. The molecule has 1 N–H and O–H groups in total. The molecule has 0 spiro atoms. The van der Waals surface area contributed by atoms with E-state index in [-0.39, 0.29) is 0 Å². The van der Waals surface area contributed by atoms with Crippen LogP contribution in [-0.2, 0) is 9.47 Å². The van der Waals surface area contributed by atoms with Crippen molar-refractivity contribution in [2.45, 2.75) is 31.7 Å². The Kier molecular flexibility index (Phi) is 8.61. The molecule has 0 saturated carbocycles. The molecule has 4 heteroatoms. The third kappa shape index (κ3) is 6.36. The predicted octanol–water partition coefficient (Wildman–Crippen LogP) is 1.11. The predicted molar refractivity (Wildman–Crippen MR) is 70.5 cm³/mol. The first-order valence-electron chi connectivity index (χ1n) is 6.81. The Hall–Kier alpha value is -0.160. The highest BCUT2D eigenvalue weighted by atomic mass is 16.5. The number of hydrogen-bond donors (Lipinski definition) is 1. The zero-order chi connectivity index (χ0) is 12.3. The third-order valence-electron chi connectivity index (χ3n) is 3.41. The molecule has 0 aromatic rings. The van der Waals surface area contributed by atoms with Crippen molar-refractivity contribution in [2.24, 2.45) is 0 Å². The van der Waals surface area contributed by atoms with Gasteiger partial charge in [0.1, 0.15) is 0 Å². The minimum atomic E-state index is 0.706. The Labute approximate surface area is 106 Å². The number of likely N-dealkylation sites (tertiary alicyclic amines) is 1. The lowest BCUT2D eigenvalue weighted by molar-refractivity contribution is 0.118. The summed E-state index contributed by atoms with van der Waals surface area (Å²) in [4.78, 5) is 2.61. The summed E-state index contributed by atoms with van der Waals surface area (Å²) < 4.78 is 10.2. The molecule has 1 heterocycles.